The number of halogens is 1. The summed E-state index contributed by atoms with van der Waals surface area (Å²) >= 11 is 6.30. The molecule has 0 radical (unpaired) electrons. The minimum atomic E-state index is -0.141. The van der Waals surface area contributed by atoms with E-state index in [1.165, 1.54) is 0 Å². The summed E-state index contributed by atoms with van der Waals surface area (Å²) in [6.07, 6.45) is 2.76. The Morgan fingerprint density at radius 3 is 2.77 bits per heavy atom. The van der Waals surface area contributed by atoms with Crippen LogP contribution in [0, 0.1) is 18.3 Å². The van der Waals surface area contributed by atoms with Crippen LogP contribution < -0.4 is 4.74 Å². The maximum absolute atomic E-state index is 13.2. The van der Waals surface area contributed by atoms with Crippen LogP contribution in [0.1, 0.15) is 34.5 Å². The van der Waals surface area contributed by atoms with Crippen molar-refractivity contribution in [2.75, 3.05) is 13.1 Å². The van der Waals surface area contributed by atoms with E-state index in [-0.39, 0.29) is 12.0 Å². The molecule has 1 aromatic carbocycles. The molecule has 0 bridgehead atoms. The predicted molar refractivity (Wildman–Crippen MR) is 110 cm³/mol. The largest absolute Gasteiger partial charge is 0.473 e. The molecule has 2 aromatic heterocycles. The zero-order valence-corrected chi connectivity index (χ0v) is 17.1. The third-order valence-electron chi connectivity index (χ3n) is 5.10. The lowest BCUT2D eigenvalue weighted by atomic mass is 10.0. The number of amides is 1. The third kappa shape index (κ3) is 3.87. The van der Waals surface area contributed by atoms with Crippen molar-refractivity contribution in [1.29, 1.82) is 5.26 Å². The van der Waals surface area contributed by atoms with Crippen LogP contribution in [0.5, 0.6) is 5.88 Å². The van der Waals surface area contributed by atoms with Crippen LogP contribution >= 0.6 is 11.6 Å². The summed E-state index contributed by atoms with van der Waals surface area (Å²) in [6, 6.07) is 12.7. The first-order valence-corrected chi connectivity index (χ1v) is 9.98. The molecular weight excluding hydrogens is 404 g/mol. The third-order valence-corrected chi connectivity index (χ3v) is 5.43. The Balaban J connectivity index is 1.48. The van der Waals surface area contributed by atoms with Crippen molar-refractivity contribution in [2.24, 2.45) is 0 Å². The van der Waals surface area contributed by atoms with E-state index < -0.39 is 0 Å². The number of aromatic nitrogens is 2. The Hall–Kier alpha value is -3.37. The topological polar surface area (TPSA) is 92.2 Å². The number of hydrogen-bond acceptors (Lipinski definition) is 6. The number of carbonyl (C=O) groups excluding carboxylic acids is 1. The lowest BCUT2D eigenvalue weighted by molar-refractivity contribution is 0.0586. The molecule has 0 unspecified atom stereocenters. The number of piperidine rings is 1. The molecule has 1 aliphatic heterocycles. The minimum Gasteiger partial charge on any atom is -0.473 e. The molecule has 7 nitrogen and oxygen atoms in total. The van der Waals surface area contributed by atoms with Gasteiger partial charge in [-0.1, -0.05) is 35.0 Å². The summed E-state index contributed by atoms with van der Waals surface area (Å²) in [5.74, 6) is 0.652. The van der Waals surface area contributed by atoms with E-state index in [0.29, 0.717) is 65.0 Å². The summed E-state index contributed by atoms with van der Waals surface area (Å²) in [5, 5.41) is 13.8. The monoisotopic (exact) mass is 422 g/mol. The Kier molecular flexibility index (Phi) is 5.68. The molecule has 0 atom stereocenters. The first kappa shape index (κ1) is 19.9. The van der Waals surface area contributed by atoms with Gasteiger partial charge in [-0.2, -0.15) is 5.26 Å². The first-order valence-electron chi connectivity index (χ1n) is 9.60. The van der Waals surface area contributed by atoms with E-state index in [1.807, 2.05) is 18.2 Å². The quantitative estimate of drug-likeness (QED) is 0.623. The summed E-state index contributed by atoms with van der Waals surface area (Å²) in [4.78, 5) is 19.2. The number of ether oxygens (including phenoxy) is 1. The van der Waals surface area contributed by atoms with E-state index in [4.69, 9.17) is 20.9 Å². The maximum atomic E-state index is 13.2. The predicted octanol–water partition coefficient (Wildman–Crippen LogP) is 4.25. The van der Waals surface area contributed by atoms with Gasteiger partial charge in [0.05, 0.1) is 5.02 Å². The number of likely N-dealkylation sites (tertiary alicyclic amines) is 1. The molecular formula is C22H19ClN4O3. The normalized spacial score (nSPS) is 14.4. The van der Waals surface area contributed by atoms with Crippen LogP contribution in [0.3, 0.4) is 0 Å². The summed E-state index contributed by atoms with van der Waals surface area (Å²) in [7, 11) is 0. The van der Waals surface area contributed by atoms with Gasteiger partial charge in [0.15, 0.2) is 0 Å². The lowest BCUT2D eigenvalue weighted by Crippen LogP contribution is -2.42. The minimum absolute atomic E-state index is 0.109. The van der Waals surface area contributed by atoms with Crippen molar-refractivity contribution in [3.63, 3.8) is 0 Å². The molecule has 0 saturated carbocycles. The van der Waals surface area contributed by atoms with Crippen LogP contribution in [0.25, 0.3) is 11.3 Å². The molecule has 0 N–H and O–H groups in total. The van der Waals surface area contributed by atoms with Gasteiger partial charge in [0, 0.05) is 37.7 Å². The SMILES string of the molecule is Cc1onc(-c2ccccc2Cl)c1C(=O)N1CCC(Oc2ncccc2C#N)CC1. The number of rotatable bonds is 4. The molecule has 3 aromatic rings. The Labute approximate surface area is 178 Å². The van der Waals surface area contributed by atoms with Gasteiger partial charge in [0.25, 0.3) is 5.91 Å². The molecule has 1 amide bonds. The molecule has 1 saturated heterocycles. The standard InChI is InChI=1S/C22H19ClN4O3/c1-14-19(20(26-30-14)17-6-2-3-7-18(17)23)22(28)27-11-8-16(9-12-27)29-21-15(13-24)5-4-10-25-21/h2-7,10,16H,8-9,11-12H2,1H3. The summed E-state index contributed by atoms with van der Waals surface area (Å²) in [6.45, 7) is 2.76. The summed E-state index contributed by atoms with van der Waals surface area (Å²) in [5.41, 5.74) is 1.95. The number of aryl methyl sites for hydroxylation is 1. The Bertz CT molecular complexity index is 1110. The molecule has 8 heteroatoms. The number of nitrogens with zero attached hydrogens (tertiary/aromatic N) is 4. The number of nitriles is 1. The van der Waals surface area contributed by atoms with Gasteiger partial charge >= 0.3 is 0 Å². The fourth-order valence-electron chi connectivity index (χ4n) is 3.52. The molecule has 152 valence electrons. The van der Waals surface area contributed by atoms with Gasteiger partial charge in [0.1, 0.15) is 34.8 Å². The van der Waals surface area contributed by atoms with E-state index in [1.54, 1.807) is 36.2 Å². The van der Waals surface area contributed by atoms with Crippen molar-refractivity contribution in [1.82, 2.24) is 15.0 Å². The highest BCUT2D eigenvalue weighted by atomic mass is 35.5. The van der Waals surface area contributed by atoms with Gasteiger partial charge < -0.3 is 14.2 Å². The highest BCUT2D eigenvalue weighted by molar-refractivity contribution is 6.33. The summed E-state index contributed by atoms with van der Waals surface area (Å²) < 4.78 is 11.2. The molecule has 0 spiro atoms. The average Bonchev–Trinajstić information content (AvgIpc) is 3.15. The van der Waals surface area contributed by atoms with Crippen molar-refractivity contribution < 1.29 is 14.1 Å². The Morgan fingerprint density at radius 1 is 1.27 bits per heavy atom. The van der Waals surface area contributed by atoms with Crippen molar-refractivity contribution in [3.8, 4) is 23.2 Å². The van der Waals surface area contributed by atoms with Crippen LogP contribution in [0.4, 0.5) is 0 Å². The highest BCUT2D eigenvalue weighted by Gasteiger charge is 2.30. The number of hydrogen-bond donors (Lipinski definition) is 0. The van der Waals surface area contributed by atoms with Crippen molar-refractivity contribution in [3.05, 3.63) is 64.5 Å². The maximum Gasteiger partial charge on any atom is 0.259 e. The number of pyridine rings is 1. The molecule has 4 rings (SSSR count). The van der Waals surface area contributed by atoms with E-state index >= 15 is 0 Å². The van der Waals surface area contributed by atoms with Crippen LogP contribution in [0.15, 0.2) is 47.1 Å². The lowest BCUT2D eigenvalue weighted by Gasteiger charge is -2.32. The van der Waals surface area contributed by atoms with Crippen molar-refractivity contribution in [2.45, 2.75) is 25.9 Å². The molecule has 3 heterocycles. The highest BCUT2D eigenvalue weighted by Crippen LogP contribution is 2.32. The van der Waals surface area contributed by atoms with E-state index in [0.717, 1.165) is 0 Å². The Morgan fingerprint density at radius 2 is 2.03 bits per heavy atom. The molecule has 30 heavy (non-hydrogen) atoms. The fourth-order valence-corrected chi connectivity index (χ4v) is 3.75. The molecule has 1 aliphatic rings. The first-order chi connectivity index (χ1) is 14.6. The van der Waals surface area contributed by atoms with E-state index in [9.17, 15) is 10.1 Å². The van der Waals surface area contributed by atoms with E-state index in [2.05, 4.69) is 16.2 Å². The smallest absolute Gasteiger partial charge is 0.259 e. The number of carbonyl (C=O) groups is 1. The molecule has 0 aliphatic carbocycles. The molecule has 1 fully saturated rings. The van der Waals surface area contributed by atoms with Gasteiger partial charge in [0.2, 0.25) is 5.88 Å². The van der Waals surface area contributed by atoms with Crippen LogP contribution in [0.2, 0.25) is 5.02 Å². The van der Waals surface area contributed by atoms with Crippen molar-refractivity contribution >= 4 is 17.5 Å². The van der Waals surface area contributed by atoms with Gasteiger partial charge in [-0.3, -0.25) is 4.79 Å². The zero-order valence-electron chi connectivity index (χ0n) is 16.3. The fraction of sp³-hybridized carbons (Fsp3) is 0.273. The average molecular weight is 423 g/mol. The van der Waals surface area contributed by atoms with Gasteiger partial charge in [-0.05, 0) is 25.1 Å². The second kappa shape index (κ2) is 8.56. The van der Waals surface area contributed by atoms with Gasteiger partial charge in [-0.25, -0.2) is 4.98 Å². The van der Waals surface area contributed by atoms with Gasteiger partial charge in [-0.15, -0.1) is 0 Å². The van der Waals surface area contributed by atoms with Crippen LogP contribution in [-0.4, -0.2) is 40.1 Å². The second-order valence-corrected chi connectivity index (χ2v) is 7.43. The number of benzene rings is 1. The van der Waals surface area contributed by atoms with Crippen LogP contribution in [-0.2, 0) is 0 Å². The zero-order chi connectivity index (χ0) is 21.1. The second-order valence-electron chi connectivity index (χ2n) is 7.02.